The molecule has 2 atom stereocenters. The highest BCUT2D eigenvalue weighted by Crippen LogP contribution is 2.25. The second-order valence-electron chi connectivity index (χ2n) is 6.48. The van der Waals surface area contributed by atoms with Gasteiger partial charge in [-0.2, -0.15) is 0 Å². The number of carbonyl (C=O) groups is 1. The van der Waals surface area contributed by atoms with E-state index < -0.39 is 0 Å². The number of halogens is 1. The normalized spacial score (nSPS) is 25.6. The first-order valence-electron chi connectivity index (χ1n) is 8.29. The number of anilines is 1. The standard InChI is InChI=1S/C17H24ClN3O2/c1-12-11-13(18)5-6-14(12)19-17(23)21-9-7-20(8-10-21)15-3-2-4-16(15)22/h5-6,11,15-16,22H,2-4,7-10H2,1H3,(H,19,23). The number of aliphatic hydroxyl groups excluding tert-OH is 1. The molecule has 2 unspecified atom stereocenters. The van der Waals surface area contributed by atoms with E-state index in [1.54, 1.807) is 6.07 Å². The number of nitrogens with one attached hydrogen (secondary N) is 1. The first kappa shape index (κ1) is 16.6. The van der Waals surface area contributed by atoms with Crippen molar-refractivity contribution in [2.75, 3.05) is 31.5 Å². The van der Waals surface area contributed by atoms with Gasteiger partial charge >= 0.3 is 6.03 Å². The third-order valence-corrected chi connectivity index (χ3v) is 5.18. The van der Waals surface area contributed by atoms with Crippen LogP contribution in [-0.4, -0.2) is 59.3 Å². The number of urea groups is 1. The fraction of sp³-hybridized carbons (Fsp3) is 0.588. The fourth-order valence-electron chi connectivity index (χ4n) is 3.57. The number of hydrogen-bond donors (Lipinski definition) is 2. The van der Waals surface area contributed by atoms with E-state index >= 15 is 0 Å². The summed E-state index contributed by atoms with van der Waals surface area (Å²) in [5.41, 5.74) is 1.76. The van der Waals surface area contributed by atoms with Crippen LogP contribution in [0.2, 0.25) is 5.02 Å². The topological polar surface area (TPSA) is 55.8 Å². The highest BCUT2D eigenvalue weighted by molar-refractivity contribution is 6.30. The van der Waals surface area contributed by atoms with Crippen LogP contribution in [0.5, 0.6) is 0 Å². The molecule has 5 nitrogen and oxygen atoms in total. The Kier molecular flexibility index (Phi) is 5.09. The number of aryl methyl sites for hydroxylation is 1. The van der Waals surface area contributed by atoms with Crippen molar-refractivity contribution in [2.45, 2.75) is 38.3 Å². The van der Waals surface area contributed by atoms with Gasteiger partial charge in [-0.3, -0.25) is 4.90 Å². The lowest BCUT2D eigenvalue weighted by Crippen LogP contribution is -2.54. The number of nitrogens with zero attached hydrogens (tertiary/aromatic N) is 2. The molecule has 0 bridgehead atoms. The summed E-state index contributed by atoms with van der Waals surface area (Å²) < 4.78 is 0. The lowest BCUT2D eigenvalue weighted by molar-refractivity contribution is 0.0447. The molecule has 1 heterocycles. The Morgan fingerprint density at radius 2 is 2.00 bits per heavy atom. The molecule has 0 radical (unpaired) electrons. The van der Waals surface area contributed by atoms with Gasteiger partial charge in [-0.05, 0) is 49.9 Å². The van der Waals surface area contributed by atoms with Gasteiger partial charge in [-0.15, -0.1) is 0 Å². The number of carbonyl (C=O) groups excluding carboxylic acids is 1. The average molecular weight is 338 g/mol. The molecule has 0 spiro atoms. The number of benzene rings is 1. The minimum atomic E-state index is -0.202. The molecule has 1 saturated carbocycles. The Morgan fingerprint density at radius 3 is 2.61 bits per heavy atom. The van der Waals surface area contributed by atoms with E-state index in [0.717, 1.165) is 43.6 Å². The van der Waals surface area contributed by atoms with Gasteiger partial charge in [0.15, 0.2) is 0 Å². The van der Waals surface area contributed by atoms with Crippen molar-refractivity contribution in [3.63, 3.8) is 0 Å². The summed E-state index contributed by atoms with van der Waals surface area (Å²) in [5, 5.41) is 13.7. The van der Waals surface area contributed by atoms with Crippen molar-refractivity contribution < 1.29 is 9.90 Å². The fourth-order valence-corrected chi connectivity index (χ4v) is 3.79. The second kappa shape index (κ2) is 7.07. The van der Waals surface area contributed by atoms with Gasteiger partial charge in [0.2, 0.25) is 0 Å². The number of aliphatic hydroxyl groups is 1. The maximum absolute atomic E-state index is 12.4. The third kappa shape index (κ3) is 3.79. The van der Waals surface area contributed by atoms with E-state index in [4.69, 9.17) is 11.6 Å². The summed E-state index contributed by atoms with van der Waals surface area (Å²) in [6.45, 7) is 4.98. The van der Waals surface area contributed by atoms with Crippen LogP contribution < -0.4 is 5.32 Å². The Balaban J connectivity index is 1.54. The van der Waals surface area contributed by atoms with Crippen LogP contribution in [0.25, 0.3) is 0 Å². The van der Waals surface area contributed by atoms with Gasteiger partial charge in [0.1, 0.15) is 0 Å². The van der Waals surface area contributed by atoms with Crippen molar-refractivity contribution in [2.24, 2.45) is 0 Å². The molecule has 2 amide bonds. The minimum absolute atomic E-state index is 0.0676. The SMILES string of the molecule is Cc1cc(Cl)ccc1NC(=O)N1CCN(C2CCCC2O)CC1. The molecule has 1 aliphatic heterocycles. The van der Waals surface area contributed by atoms with Gasteiger partial charge in [-0.1, -0.05) is 11.6 Å². The van der Waals surface area contributed by atoms with Crippen LogP contribution >= 0.6 is 11.6 Å². The lowest BCUT2D eigenvalue weighted by Gasteiger charge is -2.39. The molecule has 23 heavy (non-hydrogen) atoms. The second-order valence-corrected chi connectivity index (χ2v) is 6.91. The molecule has 126 valence electrons. The van der Waals surface area contributed by atoms with Crippen molar-refractivity contribution in [1.29, 1.82) is 0 Å². The van der Waals surface area contributed by atoms with Gasteiger partial charge in [0.05, 0.1) is 6.10 Å². The largest absolute Gasteiger partial charge is 0.391 e. The van der Waals surface area contributed by atoms with E-state index in [9.17, 15) is 9.90 Å². The Morgan fingerprint density at radius 1 is 1.26 bits per heavy atom. The molecule has 1 aromatic rings. The van der Waals surface area contributed by atoms with E-state index in [1.165, 1.54) is 0 Å². The molecule has 3 rings (SSSR count). The van der Waals surface area contributed by atoms with Crippen LogP contribution in [0.4, 0.5) is 10.5 Å². The number of piperazine rings is 1. The number of rotatable bonds is 2. The zero-order valence-corrected chi connectivity index (χ0v) is 14.2. The zero-order chi connectivity index (χ0) is 16.4. The van der Waals surface area contributed by atoms with Crippen molar-refractivity contribution in [1.82, 2.24) is 9.80 Å². The smallest absolute Gasteiger partial charge is 0.321 e. The van der Waals surface area contributed by atoms with Gasteiger partial charge < -0.3 is 15.3 Å². The number of hydrogen-bond acceptors (Lipinski definition) is 3. The van der Waals surface area contributed by atoms with Gasteiger partial charge in [-0.25, -0.2) is 4.79 Å². The first-order chi connectivity index (χ1) is 11.0. The molecular formula is C17H24ClN3O2. The van der Waals surface area contributed by atoms with Gasteiger partial charge in [0, 0.05) is 42.9 Å². The molecule has 0 aromatic heterocycles. The summed E-state index contributed by atoms with van der Waals surface area (Å²) in [6.07, 6.45) is 2.87. The third-order valence-electron chi connectivity index (χ3n) is 4.94. The summed E-state index contributed by atoms with van der Waals surface area (Å²) in [6, 6.07) is 5.67. The zero-order valence-electron chi connectivity index (χ0n) is 13.5. The molecule has 1 aliphatic carbocycles. The van der Waals surface area contributed by atoms with Crippen molar-refractivity contribution in [3.8, 4) is 0 Å². The highest BCUT2D eigenvalue weighted by atomic mass is 35.5. The molecule has 1 aromatic carbocycles. The highest BCUT2D eigenvalue weighted by Gasteiger charge is 2.33. The summed E-state index contributed by atoms with van der Waals surface area (Å²) >= 11 is 5.94. The summed E-state index contributed by atoms with van der Waals surface area (Å²) in [7, 11) is 0. The van der Waals surface area contributed by atoms with E-state index in [0.29, 0.717) is 18.1 Å². The summed E-state index contributed by atoms with van der Waals surface area (Å²) in [4.78, 5) is 16.6. The monoisotopic (exact) mass is 337 g/mol. The average Bonchev–Trinajstić information content (AvgIpc) is 2.96. The van der Waals surface area contributed by atoms with Crippen LogP contribution in [-0.2, 0) is 0 Å². The molecule has 2 N–H and O–H groups in total. The molecule has 1 saturated heterocycles. The Hall–Kier alpha value is -1.30. The maximum Gasteiger partial charge on any atom is 0.321 e. The van der Waals surface area contributed by atoms with Crippen LogP contribution in [0, 0.1) is 6.92 Å². The lowest BCUT2D eigenvalue weighted by atomic mass is 10.1. The molecule has 6 heteroatoms. The van der Waals surface area contributed by atoms with Crippen LogP contribution in [0.3, 0.4) is 0 Å². The van der Waals surface area contributed by atoms with E-state index in [1.807, 2.05) is 24.0 Å². The van der Waals surface area contributed by atoms with Crippen LogP contribution in [0.1, 0.15) is 24.8 Å². The van der Waals surface area contributed by atoms with Crippen LogP contribution in [0.15, 0.2) is 18.2 Å². The Labute approximate surface area is 142 Å². The van der Waals surface area contributed by atoms with Crippen molar-refractivity contribution >= 4 is 23.3 Å². The molecule has 2 aliphatic rings. The summed E-state index contributed by atoms with van der Waals surface area (Å²) in [5.74, 6) is 0. The molecule has 2 fully saturated rings. The minimum Gasteiger partial charge on any atom is -0.391 e. The van der Waals surface area contributed by atoms with Crippen molar-refractivity contribution in [3.05, 3.63) is 28.8 Å². The first-order valence-corrected chi connectivity index (χ1v) is 8.66. The Bertz CT molecular complexity index is 573. The number of amides is 2. The van der Waals surface area contributed by atoms with E-state index in [2.05, 4.69) is 10.2 Å². The predicted molar refractivity (Wildman–Crippen MR) is 92.0 cm³/mol. The maximum atomic E-state index is 12.4. The predicted octanol–water partition coefficient (Wildman–Crippen LogP) is 2.71. The van der Waals surface area contributed by atoms with E-state index in [-0.39, 0.29) is 18.2 Å². The molecular weight excluding hydrogens is 314 g/mol. The van der Waals surface area contributed by atoms with Gasteiger partial charge in [0.25, 0.3) is 0 Å². The quantitative estimate of drug-likeness (QED) is 0.872.